The van der Waals surface area contributed by atoms with E-state index in [1.165, 1.54) is 0 Å². The van der Waals surface area contributed by atoms with Gasteiger partial charge in [0.1, 0.15) is 0 Å². The summed E-state index contributed by atoms with van der Waals surface area (Å²) in [6.07, 6.45) is 0. The van der Waals surface area contributed by atoms with Crippen LogP contribution in [0.2, 0.25) is 0 Å². The van der Waals surface area contributed by atoms with Gasteiger partial charge in [-0.1, -0.05) is 6.92 Å². The standard InChI is InChI=1S/C10H19N3O2/c1-8(9-6-11-7-9)10(14)12-13-2-4-15-5-3-13/h8-9,11H,2-7H2,1H3,(H,12,14). The third-order valence-electron chi connectivity index (χ3n) is 3.21. The molecule has 0 bridgehead atoms. The largest absolute Gasteiger partial charge is 0.379 e. The summed E-state index contributed by atoms with van der Waals surface area (Å²) in [4.78, 5) is 11.8. The van der Waals surface area contributed by atoms with Crippen LogP contribution in [0.3, 0.4) is 0 Å². The van der Waals surface area contributed by atoms with Crippen molar-refractivity contribution in [2.45, 2.75) is 6.92 Å². The molecule has 1 atom stereocenters. The molecule has 86 valence electrons. The molecule has 2 saturated heterocycles. The molecule has 1 amide bonds. The van der Waals surface area contributed by atoms with Gasteiger partial charge in [0.2, 0.25) is 5.91 Å². The lowest BCUT2D eigenvalue weighted by Crippen LogP contribution is -2.54. The molecule has 2 rings (SSSR count). The summed E-state index contributed by atoms with van der Waals surface area (Å²) < 4.78 is 5.22. The molecule has 0 aliphatic carbocycles. The lowest BCUT2D eigenvalue weighted by atomic mass is 9.88. The minimum atomic E-state index is 0.106. The maximum atomic E-state index is 11.8. The number of nitrogens with zero attached hydrogens (tertiary/aromatic N) is 1. The van der Waals surface area contributed by atoms with Gasteiger partial charge in [-0.05, 0) is 19.0 Å². The minimum absolute atomic E-state index is 0.106. The maximum absolute atomic E-state index is 11.8. The molecule has 1 unspecified atom stereocenters. The highest BCUT2D eigenvalue weighted by Crippen LogP contribution is 2.15. The Morgan fingerprint density at radius 3 is 2.67 bits per heavy atom. The summed E-state index contributed by atoms with van der Waals surface area (Å²) in [7, 11) is 0. The topological polar surface area (TPSA) is 53.6 Å². The summed E-state index contributed by atoms with van der Waals surface area (Å²) in [6.45, 7) is 6.94. The van der Waals surface area contributed by atoms with Gasteiger partial charge >= 0.3 is 0 Å². The van der Waals surface area contributed by atoms with E-state index >= 15 is 0 Å². The van der Waals surface area contributed by atoms with Crippen LogP contribution in [0, 0.1) is 11.8 Å². The first-order chi connectivity index (χ1) is 7.27. The number of carbonyl (C=O) groups is 1. The Labute approximate surface area is 90.1 Å². The van der Waals surface area contributed by atoms with Crippen molar-refractivity contribution in [2.24, 2.45) is 11.8 Å². The van der Waals surface area contributed by atoms with Crippen LogP contribution in [-0.2, 0) is 9.53 Å². The molecule has 2 fully saturated rings. The molecule has 15 heavy (non-hydrogen) atoms. The van der Waals surface area contributed by atoms with E-state index in [-0.39, 0.29) is 11.8 Å². The average Bonchev–Trinajstić information content (AvgIpc) is 2.16. The number of amides is 1. The Balaban J connectivity index is 1.74. The molecular formula is C10H19N3O2. The molecule has 2 aliphatic rings. The molecule has 5 heteroatoms. The van der Waals surface area contributed by atoms with Crippen LogP contribution in [-0.4, -0.2) is 50.3 Å². The van der Waals surface area contributed by atoms with E-state index in [4.69, 9.17) is 4.74 Å². The first-order valence-electron chi connectivity index (χ1n) is 5.61. The lowest BCUT2D eigenvalue weighted by Gasteiger charge is -2.34. The fourth-order valence-electron chi connectivity index (χ4n) is 1.81. The zero-order valence-corrected chi connectivity index (χ0v) is 9.16. The summed E-state index contributed by atoms with van der Waals surface area (Å²) in [5.41, 5.74) is 2.95. The van der Waals surface area contributed by atoms with Crippen molar-refractivity contribution in [3.63, 3.8) is 0 Å². The van der Waals surface area contributed by atoms with Gasteiger partial charge in [0.05, 0.1) is 13.2 Å². The van der Waals surface area contributed by atoms with E-state index in [9.17, 15) is 4.79 Å². The second kappa shape index (κ2) is 4.92. The number of hydrogen-bond donors (Lipinski definition) is 2. The monoisotopic (exact) mass is 213 g/mol. The van der Waals surface area contributed by atoms with E-state index in [2.05, 4.69) is 10.7 Å². The van der Waals surface area contributed by atoms with Gasteiger partial charge in [-0.25, -0.2) is 5.01 Å². The van der Waals surface area contributed by atoms with Crippen LogP contribution in [0.5, 0.6) is 0 Å². The zero-order valence-electron chi connectivity index (χ0n) is 9.16. The normalized spacial score (nSPS) is 25.7. The fraction of sp³-hybridized carbons (Fsp3) is 0.900. The maximum Gasteiger partial charge on any atom is 0.237 e. The second-order valence-electron chi connectivity index (χ2n) is 4.28. The number of carbonyl (C=O) groups excluding carboxylic acids is 1. The van der Waals surface area contributed by atoms with Gasteiger partial charge in [-0.3, -0.25) is 10.2 Å². The van der Waals surface area contributed by atoms with Crippen LogP contribution >= 0.6 is 0 Å². The van der Waals surface area contributed by atoms with Gasteiger partial charge < -0.3 is 10.1 Å². The van der Waals surface area contributed by atoms with Crippen molar-refractivity contribution < 1.29 is 9.53 Å². The summed E-state index contributed by atoms with van der Waals surface area (Å²) in [5.74, 6) is 0.753. The molecule has 0 spiro atoms. The van der Waals surface area contributed by atoms with E-state index < -0.39 is 0 Å². The molecule has 0 radical (unpaired) electrons. The highest BCUT2D eigenvalue weighted by Gasteiger charge is 2.29. The van der Waals surface area contributed by atoms with Gasteiger partial charge in [-0.15, -0.1) is 0 Å². The molecule has 0 aromatic heterocycles. The van der Waals surface area contributed by atoms with E-state index in [1.54, 1.807) is 0 Å². The van der Waals surface area contributed by atoms with Crippen LogP contribution in [0.4, 0.5) is 0 Å². The highest BCUT2D eigenvalue weighted by molar-refractivity contribution is 5.78. The van der Waals surface area contributed by atoms with Gasteiger partial charge in [0, 0.05) is 19.0 Å². The Bertz CT molecular complexity index is 225. The van der Waals surface area contributed by atoms with Crippen molar-refractivity contribution in [2.75, 3.05) is 39.4 Å². The average molecular weight is 213 g/mol. The Morgan fingerprint density at radius 2 is 2.13 bits per heavy atom. The molecule has 2 heterocycles. The lowest BCUT2D eigenvalue weighted by molar-refractivity contribution is -0.133. The number of rotatable bonds is 3. The number of nitrogens with one attached hydrogen (secondary N) is 2. The van der Waals surface area contributed by atoms with E-state index in [0.717, 1.165) is 26.2 Å². The zero-order chi connectivity index (χ0) is 10.7. The summed E-state index contributed by atoms with van der Waals surface area (Å²) >= 11 is 0. The molecule has 0 saturated carbocycles. The quantitative estimate of drug-likeness (QED) is 0.645. The Kier molecular flexibility index (Phi) is 3.56. The molecule has 5 nitrogen and oxygen atoms in total. The van der Waals surface area contributed by atoms with E-state index in [1.807, 2.05) is 11.9 Å². The SMILES string of the molecule is CC(C(=O)NN1CCOCC1)C1CNC1. The van der Waals surface area contributed by atoms with Gasteiger partial charge in [0.15, 0.2) is 0 Å². The van der Waals surface area contributed by atoms with Crippen molar-refractivity contribution in [3.8, 4) is 0 Å². The van der Waals surface area contributed by atoms with Crippen LogP contribution in [0.25, 0.3) is 0 Å². The molecular weight excluding hydrogens is 194 g/mol. The van der Waals surface area contributed by atoms with Gasteiger partial charge in [-0.2, -0.15) is 0 Å². The fourth-order valence-corrected chi connectivity index (χ4v) is 1.81. The van der Waals surface area contributed by atoms with Crippen LogP contribution in [0.15, 0.2) is 0 Å². The highest BCUT2D eigenvalue weighted by atomic mass is 16.5. The summed E-state index contributed by atoms with van der Waals surface area (Å²) in [6, 6.07) is 0. The number of ether oxygens (including phenoxy) is 1. The van der Waals surface area contributed by atoms with E-state index in [0.29, 0.717) is 19.1 Å². The minimum Gasteiger partial charge on any atom is -0.379 e. The van der Waals surface area contributed by atoms with Crippen molar-refractivity contribution >= 4 is 5.91 Å². The third-order valence-corrected chi connectivity index (χ3v) is 3.21. The number of morpholine rings is 1. The number of hydrogen-bond acceptors (Lipinski definition) is 4. The Hall–Kier alpha value is -0.650. The third kappa shape index (κ3) is 2.68. The van der Waals surface area contributed by atoms with Crippen molar-refractivity contribution in [1.82, 2.24) is 15.8 Å². The molecule has 0 aromatic rings. The number of hydrazine groups is 1. The first kappa shape index (κ1) is 10.9. The predicted molar refractivity (Wildman–Crippen MR) is 56.1 cm³/mol. The molecule has 2 N–H and O–H groups in total. The molecule has 0 aromatic carbocycles. The van der Waals surface area contributed by atoms with Crippen molar-refractivity contribution in [1.29, 1.82) is 0 Å². The molecule has 2 aliphatic heterocycles. The Morgan fingerprint density at radius 1 is 1.47 bits per heavy atom. The van der Waals surface area contributed by atoms with Crippen molar-refractivity contribution in [3.05, 3.63) is 0 Å². The summed E-state index contributed by atoms with van der Waals surface area (Å²) in [5, 5.41) is 5.14. The predicted octanol–water partition coefficient (Wildman–Crippen LogP) is -0.795. The van der Waals surface area contributed by atoms with Crippen LogP contribution < -0.4 is 10.7 Å². The second-order valence-corrected chi connectivity index (χ2v) is 4.28. The van der Waals surface area contributed by atoms with Crippen LogP contribution in [0.1, 0.15) is 6.92 Å². The van der Waals surface area contributed by atoms with Gasteiger partial charge in [0.25, 0.3) is 0 Å². The first-order valence-corrected chi connectivity index (χ1v) is 5.61. The smallest absolute Gasteiger partial charge is 0.237 e.